The lowest BCUT2D eigenvalue weighted by Crippen LogP contribution is -2.46. The highest BCUT2D eigenvalue weighted by Gasteiger charge is 2.12. The van der Waals surface area contributed by atoms with Crippen molar-refractivity contribution in [2.24, 2.45) is 0 Å². The topological polar surface area (TPSA) is 27.7 Å². The number of nitrogens with one attached hydrogen (secondary N) is 1. The average molecular weight is 229 g/mol. The molecule has 4 heteroatoms. The quantitative estimate of drug-likeness (QED) is 0.604. The summed E-state index contributed by atoms with van der Waals surface area (Å²) < 4.78 is 5.01. The molecule has 96 valence electrons. The minimum atomic E-state index is 0.889. The highest BCUT2D eigenvalue weighted by atomic mass is 16.5. The van der Waals surface area contributed by atoms with Crippen molar-refractivity contribution >= 4 is 0 Å². The standard InChI is InChI=1S/C12H27N3O/c1-14-8-10-15(11-9-14)7-6-13-5-3-4-12-16-2/h13H,3-12H2,1-2H3. The normalized spacial score (nSPS) is 19.1. The maximum atomic E-state index is 5.01. The third-order valence-corrected chi connectivity index (χ3v) is 3.15. The molecular weight excluding hydrogens is 202 g/mol. The average Bonchev–Trinajstić information content (AvgIpc) is 2.30. The molecule has 0 aromatic heterocycles. The number of likely N-dealkylation sites (N-methyl/N-ethyl adjacent to an activating group) is 1. The molecule has 0 aliphatic carbocycles. The molecule has 1 aliphatic rings. The minimum absolute atomic E-state index is 0.889. The first-order valence-corrected chi connectivity index (χ1v) is 6.43. The molecule has 0 amide bonds. The third-order valence-electron chi connectivity index (χ3n) is 3.15. The van der Waals surface area contributed by atoms with E-state index in [1.165, 1.54) is 39.1 Å². The summed E-state index contributed by atoms with van der Waals surface area (Å²) in [6.07, 6.45) is 2.38. The Labute approximate surface area is 99.9 Å². The molecule has 0 radical (unpaired) electrons. The predicted molar refractivity (Wildman–Crippen MR) is 67.9 cm³/mol. The lowest BCUT2D eigenvalue weighted by Gasteiger charge is -2.32. The van der Waals surface area contributed by atoms with Gasteiger partial charge in [-0.1, -0.05) is 0 Å². The van der Waals surface area contributed by atoms with Crippen LogP contribution in [-0.4, -0.2) is 76.4 Å². The maximum absolute atomic E-state index is 5.01. The Balaban J connectivity index is 1.84. The second-order valence-corrected chi connectivity index (χ2v) is 4.59. The molecular formula is C12H27N3O. The largest absolute Gasteiger partial charge is 0.385 e. The van der Waals surface area contributed by atoms with Crippen LogP contribution in [0.15, 0.2) is 0 Å². The molecule has 1 heterocycles. The van der Waals surface area contributed by atoms with Gasteiger partial charge in [-0.3, -0.25) is 4.90 Å². The molecule has 0 aromatic carbocycles. The Kier molecular flexibility index (Phi) is 7.76. The number of ether oxygens (including phenoxy) is 1. The van der Waals surface area contributed by atoms with E-state index in [4.69, 9.17) is 4.74 Å². The second kappa shape index (κ2) is 8.93. The van der Waals surface area contributed by atoms with Gasteiger partial charge in [0.2, 0.25) is 0 Å². The zero-order chi connectivity index (χ0) is 11.6. The Hall–Kier alpha value is -0.160. The van der Waals surface area contributed by atoms with Crippen molar-refractivity contribution in [3.8, 4) is 0 Å². The van der Waals surface area contributed by atoms with Crippen LogP contribution in [0.3, 0.4) is 0 Å². The van der Waals surface area contributed by atoms with E-state index in [2.05, 4.69) is 22.2 Å². The number of unbranched alkanes of at least 4 members (excludes halogenated alkanes) is 1. The van der Waals surface area contributed by atoms with E-state index in [0.29, 0.717) is 0 Å². The van der Waals surface area contributed by atoms with Crippen LogP contribution in [0.4, 0.5) is 0 Å². The van der Waals surface area contributed by atoms with Crippen molar-refractivity contribution in [3.63, 3.8) is 0 Å². The highest BCUT2D eigenvalue weighted by Crippen LogP contribution is 1.97. The fourth-order valence-electron chi connectivity index (χ4n) is 1.93. The predicted octanol–water partition coefficient (Wildman–Crippen LogP) is 0.250. The van der Waals surface area contributed by atoms with Gasteiger partial charge >= 0.3 is 0 Å². The van der Waals surface area contributed by atoms with Gasteiger partial charge in [-0.15, -0.1) is 0 Å². The van der Waals surface area contributed by atoms with Gasteiger partial charge in [0.05, 0.1) is 0 Å². The molecule has 0 atom stereocenters. The molecule has 0 bridgehead atoms. The van der Waals surface area contributed by atoms with Crippen LogP contribution in [0.5, 0.6) is 0 Å². The molecule has 4 nitrogen and oxygen atoms in total. The Bertz CT molecular complexity index is 158. The van der Waals surface area contributed by atoms with Gasteiger partial charge in [-0.05, 0) is 26.4 Å². The van der Waals surface area contributed by atoms with E-state index >= 15 is 0 Å². The lowest BCUT2D eigenvalue weighted by molar-refractivity contribution is 0.154. The van der Waals surface area contributed by atoms with Crippen molar-refractivity contribution in [2.45, 2.75) is 12.8 Å². The summed E-state index contributed by atoms with van der Waals surface area (Å²) in [6.45, 7) is 9.21. The van der Waals surface area contributed by atoms with Crippen LogP contribution in [0.1, 0.15) is 12.8 Å². The van der Waals surface area contributed by atoms with Gasteiger partial charge < -0.3 is 15.0 Å². The lowest BCUT2D eigenvalue weighted by atomic mass is 10.3. The SMILES string of the molecule is COCCCCNCCN1CCN(C)CC1. The first kappa shape index (κ1) is 13.9. The fourth-order valence-corrected chi connectivity index (χ4v) is 1.93. The van der Waals surface area contributed by atoms with Crippen LogP contribution in [0, 0.1) is 0 Å². The summed E-state index contributed by atoms with van der Waals surface area (Å²) >= 11 is 0. The first-order chi connectivity index (χ1) is 7.83. The second-order valence-electron chi connectivity index (χ2n) is 4.59. The maximum Gasteiger partial charge on any atom is 0.0462 e. The number of piperazine rings is 1. The smallest absolute Gasteiger partial charge is 0.0462 e. The van der Waals surface area contributed by atoms with Gasteiger partial charge in [0.25, 0.3) is 0 Å². The molecule has 1 N–H and O–H groups in total. The Morgan fingerprint density at radius 2 is 1.81 bits per heavy atom. The van der Waals surface area contributed by atoms with E-state index in [0.717, 1.165) is 26.1 Å². The summed E-state index contributed by atoms with van der Waals surface area (Å²) in [5.41, 5.74) is 0. The van der Waals surface area contributed by atoms with Gasteiger partial charge in [0.1, 0.15) is 0 Å². The molecule has 0 spiro atoms. The number of hydrogen-bond acceptors (Lipinski definition) is 4. The molecule has 1 saturated heterocycles. The van der Waals surface area contributed by atoms with Crippen molar-refractivity contribution in [3.05, 3.63) is 0 Å². The summed E-state index contributed by atoms with van der Waals surface area (Å²) in [5.74, 6) is 0. The summed E-state index contributed by atoms with van der Waals surface area (Å²) in [4.78, 5) is 4.94. The number of rotatable bonds is 8. The van der Waals surface area contributed by atoms with Crippen LogP contribution in [0.25, 0.3) is 0 Å². The molecule has 1 rings (SSSR count). The minimum Gasteiger partial charge on any atom is -0.385 e. The van der Waals surface area contributed by atoms with E-state index in [9.17, 15) is 0 Å². The van der Waals surface area contributed by atoms with Crippen molar-refractivity contribution in [2.75, 3.05) is 66.6 Å². The summed E-state index contributed by atoms with van der Waals surface area (Å²) in [7, 11) is 3.96. The molecule has 0 saturated carbocycles. The van der Waals surface area contributed by atoms with Gasteiger partial charge in [0, 0.05) is 53.0 Å². The first-order valence-electron chi connectivity index (χ1n) is 6.43. The van der Waals surface area contributed by atoms with Gasteiger partial charge in [-0.25, -0.2) is 0 Å². The Morgan fingerprint density at radius 1 is 1.06 bits per heavy atom. The molecule has 0 unspecified atom stereocenters. The van der Waals surface area contributed by atoms with E-state index in [-0.39, 0.29) is 0 Å². The number of nitrogens with zero attached hydrogens (tertiary/aromatic N) is 2. The van der Waals surface area contributed by atoms with Crippen LogP contribution < -0.4 is 5.32 Å². The molecule has 16 heavy (non-hydrogen) atoms. The van der Waals surface area contributed by atoms with Gasteiger partial charge in [-0.2, -0.15) is 0 Å². The third kappa shape index (κ3) is 6.43. The summed E-state index contributed by atoms with van der Waals surface area (Å²) in [5, 5.41) is 3.49. The van der Waals surface area contributed by atoms with E-state index in [1.54, 1.807) is 7.11 Å². The zero-order valence-corrected chi connectivity index (χ0v) is 10.9. The highest BCUT2D eigenvalue weighted by molar-refractivity contribution is 4.69. The van der Waals surface area contributed by atoms with Crippen LogP contribution >= 0.6 is 0 Å². The van der Waals surface area contributed by atoms with Crippen LogP contribution in [-0.2, 0) is 4.74 Å². The molecule has 0 aromatic rings. The van der Waals surface area contributed by atoms with E-state index in [1.807, 2.05) is 0 Å². The molecule has 1 aliphatic heterocycles. The molecule has 1 fully saturated rings. The number of methoxy groups -OCH3 is 1. The van der Waals surface area contributed by atoms with Crippen molar-refractivity contribution in [1.29, 1.82) is 0 Å². The monoisotopic (exact) mass is 229 g/mol. The Morgan fingerprint density at radius 3 is 2.50 bits per heavy atom. The van der Waals surface area contributed by atoms with Gasteiger partial charge in [0.15, 0.2) is 0 Å². The fraction of sp³-hybridized carbons (Fsp3) is 1.00. The van der Waals surface area contributed by atoms with Crippen LogP contribution in [0.2, 0.25) is 0 Å². The zero-order valence-electron chi connectivity index (χ0n) is 10.9. The van der Waals surface area contributed by atoms with Crippen molar-refractivity contribution < 1.29 is 4.74 Å². The van der Waals surface area contributed by atoms with Crippen molar-refractivity contribution in [1.82, 2.24) is 15.1 Å². The number of hydrogen-bond donors (Lipinski definition) is 1. The summed E-state index contributed by atoms with van der Waals surface area (Å²) in [6, 6.07) is 0. The van der Waals surface area contributed by atoms with E-state index < -0.39 is 0 Å².